The lowest BCUT2D eigenvalue weighted by Crippen LogP contribution is -2.33. The summed E-state index contributed by atoms with van der Waals surface area (Å²) in [5.74, 6) is 0. The molecule has 2 aromatic rings. The predicted molar refractivity (Wildman–Crippen MR) is 70.6 cm³/mol. The van der Waals surface area contributed by atoms with E-state index >= 15 is 0 Å². The van der Waals surface area contributed by atoms with Gasteiger partial charge in [-0.2, -0.15) is 4.98 Å². The Bertz CT molecular complexity index is 711. The lowest BCUT2D eigenvalue weighted by Gasteiger charge is -2.07. The van der Waals surface area contributed by atoms with E-state index in [0.29, 0.717) is 15.9 Å². The van der Waals surface area contributed by atoms with Crippen molar-refractivity contribution in [2.24, 2.45) is 7.05 Å². The summed E-state index contributed by atoms with van der Waals surface area (Å²) in [6.45, 7) is 0. The highest BCUT2D eigenvalue weighted by atomic mass is 79.9. The van der Waals surface area contributed by atoms with Gasteiger partial charge in [-0.15, -0.1) is 0 Å². The molecule has 0 aliphatic heterocycles. The first-order valence-electron chi connectivity index (χ1n) is 4.73. The second-order valence-corrected chi connectivity index (χ2v) is 5.22. The maximum Gasteiger partial charge on any atom is 0.339 e. The molecule has 0 aliphatic carbocycles. The summed E-state index contributed by atoms with van der Waals surface area (Å²) in [4.78, 5) is 30.0. The zero-order valence-electron chi connectivity index (χ0n) is 9.18. The van der Waals surface area contributed by atoms with E-state index < -0.39 is 11.1 Å². The first kappa shape index (κ1) is 12.8. The molecular weight excluding hydrogens is 322 g/mol. The van der Waals surface area contributed by atoms with Gasteiger partial charge in [0, 0.05) is 17.7 Å². The van der Waals surface area contributed by atoms with Crippen LogP contribution in [0.15, 0.2) is 36.5 Å². The van der Waals surface area contributed by atoms with E-state index in [9.17, 15) is 9.59 Å². The topological polar surface area (TPSA) is 107 Å². The molecule has 0 spiro atoms. The smallest absolute Gasteiger partial charge is 0.339 e. The molecule has 0 saturated heterocycles. The molecule has 3 N–H and O–H groups in total. The number of aryl methyl sites for hydroxylation is 1. The number of aromatic amines is 1. The normalized spacial score (nSPS) is 10.6. The molecule has 0 radical (unpaired) electrons. The van der Waals surface area contributed by atoms with Gasteiger partial charge in [-0.25, -0.2) is 4.98 Å². The quantitative estimate of drug-likeness (QED) is 0.770. The standard InChI is InChI=1S/C9H8BrN5O2S/c1-15-9(13-6(16)7(17)14-15)18-8-5(11)2-4(10)3-12-8/h2-3H,11H2,1H3,(H,14,17). The Balaban J connectivity index is 2.43. The van der Waals surface area contributed by atoms with Crippen LogP contribution in [0.25, 0.3) is 0 Å². The highest BCUT2D eigenvalue weighted by molar-refractivity contribution is 9.10. The highest BCUT2D eigenvalue weighted by Crippen LogP contribution is 2.28. The van der Waals surface area contributed by atoms with Crippen LogP contribution in [0.3, 0.4) is 0 Å². The Morgan fingerprint density at radius 3 is 2.89 bits per heavy atom. The van der Waals surface area contributed by atoms with Gasteiger partial charge in [0.15, 0.2) is 5.16 Å². The molecule has 0 atom stereocenters. The Kier molecular flexibility index (Phi) is 3.53. The van der Waals surface area contributed by atoms with Crippen LogP contribution in [0.5, 0.6) is 0 Å². The van der Waals surface area contributed by atoms with Crippen LogP contribution in [0, 0.1) is 0 Å². The van der Waals surface area contributed by atoms with Crippen molar-refractivity contribution in [1.29, 1.82) is 0 Å². The predicted octanol–water partition coefficient (Wildman–Crippen LogP) is 0.359. The Morgan fingerprint density at radius 1 is 1.50 bits per heavy atom. The molecular formula is C9H8BrN5O2S. The molecule has 0 fully saturated rings. The number of nitrogens with zero attached hydrogens (tertiary/aromatic N) is 3. The van der Waals surface area contributed by atoms with Crippen LogP contribution < -0.4 is 16.9 Å². The van der Waals surface area contributed by atoms with Gasteiger partial charge in [0.2, 0.25) is 0 Å². The minimum Gasteiger partial charge on any atom is -0.396 e. The number of nitrogens with one attached hydrogen (secondary N) is 1. The molecule has 0 aliphatic rings. The van der Waals surface area contributed by atoms with Gasteiger partial charge in [0.25, 0.3) is 0 Å². The van der Waals surface area contributed by atoms with Gasteiger partial charge >= 0.3 is 11.1 Å². The number of H-pyrrole nitrogens is 1. The van der Waals surface area contributed by atoms with Crippen molar-refractivity contribution in [2.45, 2.75) is 10.2 Å². The zero-order chi connectivity index (χ0) is 13.3. The summed E-state index contributed by atoms with van der Waals surface area (Å²) in [5.41, 5.74) is 4.63. The van der Waals surface area contributed by atoms with Crippen LogP contribution >= 0.6 is 27.7 Å². The summed E-state index contributed by atoms with van der Waals surface area (Å²) in [5, 5.41) is 3.16. The number of hydrogen-bond acceptors (Lipinski definition) is 6. The summed E-state index contributed by atoms with van der Waals surface area (Å²) < 4.78 is 2.10. The molecule has 94 valence electrons. The number of nitrogen functional groups attached to an aromatic ring is 1. The Labute approximate surface area is 114 Å². The largest absolute Gasteiger partial charge is 0.396 e. The first-order valence-corrected chi connectivity index (χ1v) is 6.34. The molecule has 0 amide bonds. The van der Waals surface area contributed by atoms with Crippen molar-refractivity contribution in [1.82, 2.24) is 19.7 Å². The van der Waals surface area contributed by atoms with Gasteiger partial charge in [-0.1, -0.05) is 0 Å². The summed E-state index contributed by atoms with van der Waals surface area (Å²) >= 11 is 4.34. The van der Waals surface area contributed by atoms with Crippen molar-refractivity contribution in [2.75, 3.05) is 5.73 Å². The molecule has 2 rings (SSSR count). The molecule has 0 saturated carbocycles. The third-order valence-corrected chi connectivity index (χ3v) is 3.50. The molecule has 9 heteroatoms. The maximum atomic E-state index is 11.2. The maximum absolute atomic E-state index is 11.2. The van der Waals surface area contributed by atoms with Gasteiger partial charge in [-0.3, -0.25) is 19.4 Å². The fourth-order valence-corrected chi connectivity index (χ4v) is 2.28. The molecule has 0 aromatic carbocycles. The van der Waals surface area contributed by atoms with Gasteiger partial charge in [0.05, 0.1) is 5.69 Å². The molecule has 2 aromatic heterocycles. The molecule has 0 unspecified atom stereocenters. The summed E-state index contributed by atoms with van der Waals surface area (Å²) in [6.07, 6.45) is 1.59. The van der Waals surface area contributed by atoms with Crippen LogP contribution in [0.2, 0.25) is 0 Å². The van der Waals surface area contributed by atoms with E-state index in [1.54, 1.807) is 19.3 Å². The second-order valence-electron chi connectivity index (χ2n) is 3.35. The minimum atomic E-state index is -0.841. The number of aromatic nitrogens is 4. The fraction of sp³-hybridized carbons (Fsp3) is 0.111. The number of nitrogens with two attached hydrogens (primary N) is 1. The van der Waals surface area contributed by atoms with E-state index in [1.165, 1.54) is 4.68 Å². The fourth-order valence-electron chi connectivity index (χ4n) is 1.17. The van der Waals surface area contributed by atoms with Gasteiger partial charge in [0.1, 0.15) is 5.03 Å². The number of hydrogen-bond donors (Lipinski definition) is 2. The number of pyridine rings is 1. The van der Waals surface area contributed by atoms with Crippen molar-refractivity contribution < 1.29 is 0 Å². The summed E-state index contributed by atoms with van der Waals surface area (Å²) in [6, 6.07) is 1.69. The van der Waals surface area contributed by atoms with E-state index in [2.05, 4.69) is 31.0 Å². The van der Waals surface area contributed by atoms with Crippen molar-refractivity contribution in [3.63, 3.8) is 0 Å². The van der Waals surface area contributed by atoms with E-state index in [1.807, 2.05) is 0 Å². The average Bonchev–Trinajstić information content (AvgIpc) is 2.29. The Hall–Kier alpha value is -1.61. The lowest BCUT2D eigenvalue weighted by molar-refractivity contribution is 0.596. The van der Waals surface area contributed by atoms with E-state index in [-0.39, 0.29) is 0 Å². The Morgan fingerprint density at radius 2 is 2.22 bits per heavy atom. The van der Waals surface area contributed by atoms with Crippen LogP contribution in [-0.2, 0) is 7.05 Å². The number of anilines is 1. The van der Waals surface area contributed by atoms with Crippen LogP contribution in [0.4, 0.5) is 5.69 Å². The average molecular weight is 330 g/mol. The van der Waals surface area contributed by atoms with Crippen molar-refractivity contribution in [3.05, 3.63) is 37.4 Å². The molecule has 2 heterocycles. The molecule has 18 heavy (non-hydrogen) atoms. The molecule has 7 nitrogen and oxygen atoms in total. The molecule has 0 bridgehead atoms. The van der Waals surface area contributed by atoms with Gasteiger partial charge < -0.3 is 5.73 Å². The second kappa shape index (κ2) is 4.94. The van der Waals surface area contributed by atoms with Crippen LogP contribution in [0.1, 0.15) is 0 Å². The summed E-state index contributed by atoms with van der Waals surface area (Å²) in [7, 11) is 1.57. The monoisotopic (exact) mass is 329 g/mol. The number of halogens is 1. The van der Waals surface area contributed by atoms with Crippen molar-refractivity contribution in [3.8, 4) is 0 Å². The first-order chi connectivity index (χ1) is 8.47. The number of rotatable bonds is 2. The third kappa shape index (κ3) is 2.62. The zero-order valence-corrected chi connectivity index (χ0v) is 11.6. The van der Waals surface area contributed by atoms with E-state index in [0.717, 1.165) is 16.2 Å². The van der Waals surface area contributed by atoms with Crippen molar-refractivity contribution >= 4 is 33.4 Å². The highest BCUT2D eigenvalue weighted by Gasteiger charge is 2.09. The third-order valence-electron chi connectivity index (χ3n) is 1.98. The van der Waals surface area contributed by atoms with E-state index in [4.69, 9.17) is 5.73 Å². The van der Waals surface area contributed by atoms with Gasteiger partial charge in [-0.05, 0) is 33.8 Å². The lowest BCUT2D eigenvalue weighted by atomic mass is 10.4. The minimum absolute atomic E-state index is 0.307. The van der Waals surface area contributed by atoms with Crippen LogP contribution in [-0.4, -0.2) is 19.7 Å². The SMILES string of the molecule is Cn1[nH]c(=O)c(=O)nc1Sc1ncc(Br)cc1N.